The summed E-state index contributed by atoms with van der Waals surface area (Å²) in [5.41, 5.74) is 3.70. The summed E-state index contributed by atoms with van der Waals surface area (Å²) < 4.78 is 10.5. The van der Waals surface area contributed by atoms with E-state index < -0.39 is 0 Å². The molecule has 0 atom stereocenters. The Kier molecular flexibility index (Phi) is 7.23. The van der Waals surface area contributed by atoms with E-state index >= 15 is 0 Å². The van der Waals surface area contributed by atoms with E-state index in [2.05, 4.69) is 10.6 Å². The van der Waals surface area contributed by atoms with Gasteiger partial charge in [0.25, 0.3) is 0 Å². The van der Waals surface area contributed by atoms with Gasteiger partial charge in [-0.05, 0) is 49.1 Å². The summed E-state index contributed by atoms with van der Waals surface area (Å²) >= 11 is 0. The molecule has 6 heteroatoms. The maximum atomic E-state index is 12.1. The molecule has 0 saturated heterocycles. The Morgan fingerprint density at radius 2 is 1.52 bits per heavy atom. The second-order valence-corrected chi connectivity index (χ2v) is 6.31. The lowest BCUT2D eigenvalue weighted by Crippen LogP contribution is -2.33. The third kappa shape index (κ3) is 6.02. The van der Waals surface area contributed by atoms with E-state index in [1.54, 1.807) is 20.3 Å². The zero-order chi connectivity index (χ0) is 19.8. The van der Waals surface area contributed by atoms with Gasteiger partial charge >= 0.3 is 0 Å². The molecule has 0 aliphatic rings. The first-order valence-corrected chi connectivity index (χ1v) is 8.77. The van der Waals surface area contributed by atoms with E-state index in [4.69, 9.17) is 9.47 Å². The van der Waals surface area contributed by atoms with Crippen LogP contribution in [-0.4, -0.2) is 32.6 Å². The fourth-order valence-electron chi connectivity index (χ4n) is 2.73. The number of anilines is 1. The molecule has 0 aliphatic carbocycles. The number of nitrogens with one attached hydrogen (secondary N) is 2. The fraction of sp³-hybridized carbons (Fsp3) is 0.333. The zero-order valence-corrected chi connectivity index (χ0v) is 16.2. The minimum absolute atomic E-state index is 0.0615. The van der Waals surface area contributed by atoms with Crippen LogP contribution in [0.5, 0.6) is 11.5 Å². The number of benzene rings is 2. The van der Waals surface area contributed by atoms with Crippen LogP contribution in [0.2, 0.25) is 0 Å². The van der Waals surface area contributed by atoms with Gasteiger partial charge in [-0.25, -0.2) is 0 Å². The monoisotopic (exact) mass is 370 g/mol. The lowest BCUT2D eigenvalue weighted by atomic mass is 10.1. The van der Waals surface area contributed by atoms with Crippen molar-refractivity contribution in [3.63, 3.8) is 0 Å². The number of hydrogen-bond donors (Lipinski definition) is 2. The molecule has 2 amide bonds. The lowest BCUT2D eigenvalue weighted by Gasteiger charge is -2.12. The second-order valence-electron chi connectivity index (χ2n) is 6.31. The number of methoxy groups -OCH3 is 2. The minimum Gasteiger partial charge on any atom is -0.497 e. The zero-order valence-electron chi connectivity index (χ0n) is 16.2. The molecule has 0 unspecified atom stereocenters. The maximum absolute atomic E-state index is 12.1. The van der Waals surface area contributed by atoms with E-state index in [9.17, 15) is 9.59 Å². The largest absolute Gasteiger partial charge is 0.497 e. The highest BCUT2D eigenvalue weighted by Crippen LogP contribution is 2.23. The molecule has 144 valence electrons. The van der Waals surface area contributed by atoms with E-state index in [-0.39, 0.29) is 24.8 Å². The van der Waals surface area contributed by atoms with Crippen molar-refractivity contribution in [2.24, 2.45) is 0 Å². The summed E-state index contributed by atoms with van der Waals surface area (Å²) in [7, 11) is 3.17. The average molecular weight is 370 g/mol. The first kappa shape index (κ1) is 20.3. The third-order valence-corrected chi connectivity index (χ3v) is 4.24. The van der Waals surface area contributed by atoms with Gasteiger partial charge in [-0.2, -0.15) is 0 Å². The highest BCUT2D eigenvalue weighted by molar-refractivity contribution is 5.95. The molecular formula is C21H26N2O4. The summed E-state index contributed by atoms with van der Waals surface area (Å²) in [6.45, 7) is 3.81. The fourth-order valence-corrected chi connectivity index (χ4v) is 2.73. The standard InChI is InChI=1S/C21H26N2O4/c1-14-6-5-7-15(2)21(14)23-20(25)13-22-19(24)9-8-16-10-17(26-3)12-18(11-16)27-4/h5-7,10-12H,8-9,13H2,1-4H3,(H,22,24)(H,23,25). The van der Waals surface area contributed by atoms with Crippen LogP contribution in [0.15, 0.2) is 36.4 Å². The second kappa shape index (κ2) is 9.62. The summed E-state index contributed by atoms with van der Waals surface area (Å²) in [6, 6.07) is 11.3. The molecule has 0 aliphatic heterocycles. The average Bonchev–Trinajstić information content (AvgIpc) is 2.67. The molecule has 2 aromatic carbocycles. The van der Waals surface area contributed by atoms with Gasteiger partial charge in [0, 0.05) is 18.2 Å². The van der Waals surface area contributed by atoms with Gasteiger partial charge < -0.3 is 20.1 Å². The van der Waals surface area contributed by atoms with E-state index in [0.717, 1.165) is 22.4 Å². The van der Waals surface area contributed by atoms with Crippen LogP contribution in [0.1, 0.15) is 23.1 Å². The molecule has 2 N–H and O–H groups in total. The first-order valence-electron chi connectivity index (χ1n) is 8.77. The molecule has 2 aromatic rings. The van der Waals surface area contributed by atoms with Crippen LogP contribution in [0, 0.1) is 13.8 Å². The Hall–Kier alpha value is -3.02. The van der Waals surface area contributed by atoms with Crippen molar-refractivity contribution < 1.29 is 19.1 Å². The molecule has 0 radical (unpaired) electrons. The maximum Gasteiger partial charge on any atom is 0.243 e. The quantitative estimate of drug-likeness (QED) is 0.749. The van der Waals surface area contributed by atoms with Crippen molar-refractivity contribution in [2.75, 3.05) is 26.1 Å². The smallest absolute Gasteiger partial charge is 0.243 e. The number of para-hydroxylation sites is 1. The Labute approximate surface area is 159 Å². The van der Waals surface area contributed by atoms with E-state index in [1.807, 2.05) is 44.2 Å². The van der Waals surface area contributed by atoms with Gasteiger partial charge in [-0.15, -0.1) is 0 Å². The molecule has 0 heterocycles. The van der Waals surface area contributed by atoms with Crippen molar-refractivity contribution in [1.82, 2.24) is 5.32 Å². The molecule has 27 heavy (non-hydrogen) atoms. The predicted molar refractivity (Wildman–Crippen MR) is 105 cm³/mol. The SMILES string of the molecule is COc1cc(CCC(=O)NCC(=O)Nc2c(C)cccc2C)cc(OC)c1. The molecule has 0 spiro atoms. The van der Waals surface area contributed by atoms with E-state index in [1.165, 1.54) is 0 Å². The van der Waals surface area contributed by atoms with Crippen LogP contribution in [-0.2, 0) is 16.0 Å². The van der Waals surface area contributed by atoms with Crippen molar-refractivity contribution in [2.45, 2.75) is 26.7 Å². The van der Waals surface area contributed by atoms with Crippen LogP contribution in [0.3, 0.4) is 0 Å². The van der Waals surface area contributed by atoms with Gasteiger partial charge in [0.05, 0.1) is 20.8 Å². The van der Waals surface area contributed by atoms with Crippen LogP contribution >= 0.6 is 0 Å². The Balaban J connectivity index is 1.83. The molecule has 0 bridgehead atoms. The van der Waals surface area contributed by atoms with Crippen LogP contribution in [0.4, 0.5) is 5.69 Å². The van der Waals surface area contributed by atoms with Gasteiger partial charge in [0.1, 0.15) is 11.5 Å². The number of amides is 2. The Bertz CT molecular complexity index is 775. The summed E-state index contributed by atoms with van der Waals surface area (Å²) in [4.78, 5) is 24.2. The normalized spacial score (nSPS) is 10.2. The van der Waals surface area contributed by atoms with Gasteiger partial charge in [-0.3, -0.25) is 9.59 Å². The molecule has 2 rings (SSSR count). The van der Waals surface area contributed by atoms with E-state index in [0.29, 0.717) is 17.9 Å². The molecule has 0 fully saturated rings. The topological polar surface area (TPSA) is 76.7 Å². The van der Waals surface area contributed by atoms with Crippen molar-refractivity contribution in [3.8, 4) is 11.5 Å². The van der Waals surface area contributed by atoms with Gasteiger partial charge in [0.15, 0.2) is 0 Å². The third-order valence-electron chi connectivity index (χ3n) is 4.24. The van der Waals surface area contributed by atoms with Gasteiger partial charge in [0.2, 0.25) is 11.8 Å². The predicted octanol–water partition coefficient (Wildman–Crippen LogP) is 3.01. The highest BCUT2D eigenvalue weighted by Gasteiger charge is 2.10. The molecular weight excluding hydrogens is 344 g/mol. The summed E-state index contributed by atoms with van der Waals surface area (Å²) in [5, 5.41) is 5.51. The lowest BCUT2D eigenvalue weighted by molar-refractivity contribution is -0.124. The highest BCUT2D eigenvalue weighted by atomic mass is 16.5. The Morgan fingerprint density at radius 1 is 0.926 bits per heavy atom. The molecule has 0 aromatic heterocycles. The Morgan fingerprint density at radius 3 is 2.07 bits per heavy atom. The number of hydrogen-bond acceptors (Lipinski definition) is 4. The van der Waals surface area contributed by atoms with Crippen molar-refractivity contribution in [1.29, 1.82) is 0 Å². The summed E-state index contributed by atoms with van der Waals surface area (Å²) in [6.07, 6.45) is 0.797. The first-order chi connectivity index (χ1) is 12.9. The van der Waals surface area contributed by atoms with Crippen molar-refractivity contribution >= 4 is 17.5 Å². The summed E-state index contributed by atoms with van der Waals surface area (Å²) in [5.74, 6) is 0.924. The molecule has 6 nitrogen and oxygen atoms in total. The van der Waals surface area contributed by atoms with Crippen molar-refractivity contribution in [3.05, 3.63) is 53.1 Å². The minimum atomic E-state index is -0.246. The molecule has 0 saturated carbocycles. The number of ether oxygens (including phenoxy) is 2. The van der Waals surface area contributed by atoms with Crippen LogP contribution < -0.4 is 20.1 Å². The van der Waals surface area contributed by atoms with Gasteiger partial charge in [-0.1, -0.05) is 18.2 Å². The number of carbonyl (C=O) groups is 2. The number of rotatable bonds is 8. The number of carbonyl (C=O) groups excluding carboxylic acids is 2. The number of aryl methyl sites for hydroxylation is 3. The van der Waals surface area contributed by atoms with Crippen LogP contribution in [0.25, 0.3) is 0 Å².